The summed E-state index contributed by atoms with van der Waals surface area (Å²) in [6.07, 6.45) is -0.179. The highest BCUT2D eigenvalue weighted by molar-refractivity contribution is 7.93. The summed E-state index contributed by atoms with van der Waals surface area (Å²) in [6, 6.07) is 2.81. The average molecular weight is 472 g/mol. The Morgan fingerprint density at radius 2 is 1.77 bits per heavy atom. The number of aliphatic hydroxyl groups is 2. The summed E-state index contributed by atoms with van der Waals surface area (Å²) in [5.74, 6) is -1.16. The van der Waals surface area contributed by atoms with E-state index >= 15 is 0 Å². The van der Waals surface area contributed by atoms with Crippen LogP contribution in [0.15, 0.2) is 20.7 Å². The fourth-order valence-corrected chi connectivity index (χ4v) is 5.75. The molecule has 0 aliphatic rings. The van der Waals surface area contributed by atoms with Crippen molar-refractivity contribution in [2.24, 2.45) is 9.50 Å². The van der Waals surface area contributed by atoms with E-state index in [1.54, 1.807) is 0 Å². The lowest BCUT2D eigenvalue weighted by molar-refractivity contribution is -0.117. The van der Waals surface area contributed by atoms with Crippen LogP contribution in [0.5, 0.6) is 0 Å². The molecule has 1 aromatic heterocycles. The molecule has 31 heavy (non-hydrogen) atoms. The van der Waals surface area contributed by atoms with Gasteiger partial charge in [0.2, 0.25) is 0 Å². The number of aromatic nitrogens is 1. The van der Waals surface area contributed by atoms with E-state index < -0.39 is 28.0 Å². The number of thiazole rings is 1. The van der Waals surface area contributed by atoms with E-state index in [9.17, 15) is 23.6 Å². The number of nitrogens with two attached hydrogens (primary N) is 1. The third kappa shape index (κ3) is 5.95. The minimum atomic E-state index is -3.70. The van der Waals surface area contributed by atoms with E-state index in [1.807, 2.05) is 27.7 Å². The standard InChI is InChI=1S/C21H30FN3O4S2/c1-11(2)14-7-13(22)8-15(12(3)4)16(14)9-18(27)25-31(23,29)19-17(10-26)24-20(30-19)21(5,6)28/h7-8,11-12,26,28H,9-10H2,1-6H3,(H2,23,25,27,29)/t31-/m0/s1. The number of halogens is 1. The highest BCUT2D eigenvalue weighted by Crippen LogP contribution is 2.32. The first-order valence-electron chi connectivity index (χ1n) is 9.90. The lowest BCUT2D eigenvalue weighted by atomic mass is 9.87. The average Bonchev–Trinajstić information content (AvgIpc) is 3.07. The maximum Gasteiger partial charge on any atom is 0.259 e. The first kappa shape index (κ1) is 25.5. The zero-order valence-electron chi connectivity index (χ0n) is 18.6. The van der Waals surface area contributed by atoms with Crippen molar-refractivity contribution in [3.63, 3.8) is 0 Å². The van der Waals surface area contributed by atoms with E-state index in [4.69, 9.17) is 5.14 Å². The lowest BCUT2D eigenvalue weighted by Gasteiger charge is -2.19. The SMILES string of the molecule is CC(C)c1cc(F)cc(C(C)C)c1CC(=O)N=[S@](N)(=O)c1sc(C(C)(C)O)nc1CO. The smallest absolute Gasteiger partial charge is 0.259 e. The molecule has 0 spiro atoms. The minimum absolute atomic E-state index is 0.0127. The molecule has 172 valence electrons. The number of amides is 1. The third-order valence-corrected chi connectivity index (χ3v) is 8.11. The Morgan fingerprint density at radius 3 is 2.19 bits per heavy atom. The van der Waals surface area contributed by atoms with Crippen molar-refractivity contribution in [3.8, 4) is 0 Å². The first-order chi connectivity index (χ1) is 14.2. The van der Waals surface area contributed by atoms with E-state index in [-0.39, 0.29) is 39.0 Å². The van der Waals surface area contributed by atoms with Crippen molar-refractivity contribution in [2.75, 3.05) is 0 Å². The monoisotopic (exact) mass is 471 g/mol. The van der Waals surface area contributed by atoms with Crippen LogP contribution in [-0.4, -0.2) is 25.3 Å². The Kier molecular flexibility index (Phi) is 7.76. The van der Waals surface area contributed by atoms with E-state index in [1.165, 1.54) is 26.0 Å². The minimum Gasteiger partial charge on any atom is -0.390 e. The number of rotatable bonds is 7. The molecule has 4 N–H and O–H groups in total. The van der Waals surface area contributed by atoms with Gasteiger partial charge >= 0.3 is 0 Å². The number of carbonyl (C=O) groups excluding carboxylic acids is 1. The van der Waals surface area contributed by atoms with Gasteiger partial charge in [0, 0.05) is 0 Å². The third-order valence-electron chi connectivity index (χ3n) is 4.69. The second-order valence-electron chi connectivity index (χ2n) is 8.57. The number of aliphatic hydroxyl groups excluding tert-OH is 1. The molecule has 2 aromatic rings. The van der Waals surface area contributed by atoms with Crippen LogP contribution in [0.1, 0.15) is 80.8 Å². The first-order valence-corrected chi connectivity index (χ1v) is 12.3. The van der Waals surface area contributed by atoms with Gasteiger partial charge < -0.3 is 10.2 Å². The van der Waals surface area contributed by atoms with Gasteiger partial charge in [-0.1, -0.05) is 27.7 Å². The fraction of sp³-hybridized carbons (Fsp3) is 0.524. The number of benzene rings is 1. The maximum absolute atomic E-state index is 14.1. The van der Waals surface area contributed by atoms with Gasteiger partial charge in [0.05, 0.1) is 18.7 Å². The van der Waals surface area contributed by atoms with Gasteiger partial charge in [-0.25, -0.2) is 18.7 Å². The summed E-state index contributed by atoms with van der Waals surface area (Å²) in [5, 5.41) is 25.8. The van der Waals surface area contributed by atoms with Crippen LogP contribution < -0.4 is 5.14 Å². The quantitative estimate of drug-likeness (QED) is 0.567. The van der Waals surface area contributed by atoms with Gasteiger partial charge in [0.25, 0.3) is 5.91 Å². The zero-order chi connectivity index (χ0) is 23.7. The Bertz CT molecular complexity index is 1070. The summed E-state index contributed by atoms with van der Waals surface area (Å²) in [7, 11) is -3.70. The molecule has 1 heterocycles. The van der Waals surface area contributed by atoms with Crippen LogP contribution in [0.3, 0.4) is 0 Å². The molecule has 7 nitrogen and oxygen atoms in total. The molecule has 0 aliphatic heterocycles. The molecule has 0 saturated heterocycles. The van der Waals surface area contributed by atoms with Crippen LogP contribution in [0.2, 0.25) is 0 Å². The van der Waals surface area contributed by atoms with Gasteiger partial charge in [-0.05, 0) is 54.5 Å². The summed E-state index contributed by atoms with van der Waals surface area (Å²) in [6.45, 7) is 10.0. The molecule has 1 atom stereocenters. The Morgan fingerprint density at radius 1 is 1.26 bits per heavy atom. The Hall–Kier alpha value is -1.72. The molecule has 0 unspecified atom stereocenters. The van der Waals surface area contributed by atoms with Gasteiger partial charge in [0.1, 0.15) is 20.6 Å². The van der Waals surface area contributed by atoms with Crippen molar-refractivity contribution < 1.29 is 23.6 Å². The maximum atomic E-state index is 14.1. The predicted octanol–water partition coefficient (Wildman–Crippen LogP) is 3.72. The largest absolute Gasteiger partial charge is 0.390 e. The molecule has 2 rings (SSSR count). The summed E-state index contributed by atoms with van der Waals surface area (Å²) in [5.41, 5.74) is 0.708. The molecular formula is C21H30FN3O4S2. The molecule has 0 aliphatic carbocycles. The van der Waals surface area contributed by atoms with Crippen LogP contribution >= 0.6 is 11.3 Å². The van der Waals surface area contributed by atoms with Gasteiger partial charge in [-0.2, -0.15) is 0 Å². The highest BCUT2D eigenvalue weighted by Gasteiger charge is 2.27. The Balaban J connectivity index is 2.53. The number of nitrogens with zero attached hydrogens (tertiary/aromatic N) is 2. The molecule has 1 aromatic carbocycles. The fourth-order valence-electron chi connectivity index (χ4n) is 3.22. The van der Waals surface area contributed by atoms with E-state index in [2.05, 4.69) is 9.35 Å². The molecule has 0 fully saturated rings. The van der Waals surface area contributed by atoms with Gasteiger partial charge in [-0.3, -0.25) is 4.79 Å². The van der Waals surface area contributed by atoms with Crippen LogP contribution in [0.4, 0.5) is 4.39 Å². The lowest BCUT2D eigenvalue weighted by Crippen LogP contribution is -2.17. The molecule has 0 bridgehead atoms. The molecule has 0 saturated carbocycles. The zero-order valence-corrected chi connectivity index (χ0v) is 20.2. The predicted molar refractivity (Wildman–Crippen MR) is 120 cm³/mol. The second-order valence-corrected chi connectivity index (χ2v) is 11.6. The van der Waals surface area contributed by atoms with Crippen molar-refractivity contribution in [1.82, 2.24) is 4.98 Å². The van der Waals surface area contributed by atoms with Crippen molar-refractivity contribution in [2.45, 2.75) is 76.2 Å². The number of hydrogen-bond acceptors (Lipinski definition) is 6. The molecule has 1 amide bonds. The number of hydrogen-bond donors (Lipinski definition) is 3. The van der Waals surface area contributed by atoms with Gasteiger partial charge in [-0.15, -0.1) is 15.7 Å². The van der Waals surface area contributed by atoms with E-state index in [0.717, 1.165) is 11.3 Å². The summed E-state index contributed by atoms with van der Waals surface area (Å²) >= 11 is 0.847. The molecule has 0 radical (unpaired) electrons. The Labute approximate surface area is 186 Å². The van der Waals surface area contributed by atoms with Crippen molar-refractivity contribution in [1.29, 1.82) is 0 Å². The topological polar surface area (TPSA) is 126 Å². The van der Waals surface area contributed by atoms with Crippen LogP contribution in [0, 0.1) is 5.82 Å². The van der Waals surface area contributed by atoms with Gasteiger partial charge in [0.15, 0.2) is 9.92 Å². The second kappa shape index (κ2) is 9.41. The summed E-state index contributed by atoms with van der Waals surface area (Å²) in [4.78, 5) is 16.9. The van der Waals surface area contributed by atoms with Crippen LogP contribution in [-0.2, 0) is 33.3 Å². The number of carbonyl (C=O) groups is 1. The molecule has 10 heteroatoms. The van der Waals surface area contributed by atoms with Crippen molar-refractivity contribution >= 4 is 27.2 Å². The van der Waals surface area contributed by atoms with Crippen LogP contribution in [0.25, 0.3) is 0 Å². The van der Waals surface area contributed by atoms with Crippen molar-refractivity contribution in [3.05, 3.63) is 45.3 Å². The van der Waals surface area contributed by atoms with E-state index in [0.29, 0.717) is 16.7 Å². The molecular weight excluding hydrogens is 441 g/mol. The normalized spacial score (nSPS) is 14.2. The highest BCUT2D eigenvalue weighted by atomic mass is 32.2. The summed E-state index contributed by atoms with van der Waals surface area (Å²) < 4.78 is 30.9.